The number of amides is 1. The summed E-state index contributed by atoms with van der Waals surface area (Å²) in [4.78, 5) is 12.4. The van der Waals surface area contributed by atoms with Crippen molar-refractivity contribution in [2.24, 2.45) is 0 Å². The first-order chi connectivity index (χ1) is 12.2. The number of hydrogen-bond donors (Lipinski definition) is 2. The van der Waals surface area contributed by atoms with Crippen LogP contribution in [0, 0.1) is 0 Å². The van der Waals surface area contributed by atoms with E-state index in [0.717, 1.165) is 45.0 Å². The lowest BCUT2D eigenvalue weighted by molar-refractivity contribution is -0.122. The Morgan fingerprint density at radius 3 is 2.64 bits per heavy atom. The van der Waals surface area contributed by atoms with E-state index in [4.69, 9.17) is 14.2 Å². The van der Waals surface area contributed by atoms with Gasteiger partial charge in [0, 0.05) is 44.2 Å². The number of carbonyl (C=O) groups is 1. The van der Waals surface area contributed by atoms with Crippen LogP contribution in [0.15, 0.2) is 24.3 Å². The highest BCUT2D eigenvalue weighted by atomic mass is 16.5. The lowest BCUT2D eigenvalue weighted by Crippen LogP contribution is -2.48. The fraction of sp³-hybridized carbons (Fsp3) is 0.632. The van der Waals surface area contributed by atoms with E-state index in [1.807, 2.05) is 12.1 Å². The number of ether oxygens (including phenoxy) is 3. The van der Waals surface area contributed by atoms with E-state index in [0.29, 0.717) is 19.6 Å². The first kappa shape index (κ1) is 18.2. The molecule has 2 heterocycles. The summed E-state index contributed by atoms with van der Waals surface area (Å²) in [6.45, 7) is 4.21. The lowest BCUT2D eigenvalue weighted by atomic mass is 9.74. The van der Waals surface area contributed by atoms with Gasteiger partial charge in [0.1, 0.15) is 5.75 Å². The standard InChI is InChI=1S/C19H28N2O4/c1-23-17-4-2-15(3-5-17)19(6-9-24-10-7-19)14-21-18(22)12-16-13-25-11-8-20-16/h2-5,16,20H,6-14H2,1H3,(H,21,22). The highest BCUT2D eigenvalue weighted by molar-refractivity contribution is 5.76. The van der Waals surface area contributed by atoms with Crippen LogP contribution in [0.2, 0.25) is 0 Å². The average Bonchev–Trinajstić information content (AvgIpc) is 2.68. The minimum atomic E-state index is -0.0727. The molecule has 0 radical (unpaired) electrons. The molecular weight excluding hydrogens is 320 g/mol. The molecule has 0 aromatic heterocycles. The molecule has 2 aliphatic heterocycles. The summed E-state index contributed by atoms with van der Waals surface area (Å²) >= 11 is 0. The summed E-state index contributed by atoms with van der Waals surface area (Å²) in [5, 5.41) is 6.47. The Balaban J connectivity index is 1.62. The molecule has 25 heavy (non-hydrogen) atoms. The second kappa shape index (κ2) is 8.65. The highest BCUT2D eigenvalue weighted by Crippen LogP contribution is 2.35. The molecule has 138 valence electrons. The first-order valence-corrected chi connectivity index (χ1v) is 9.02. The van der Waals surface area contributed by atoms with Gasteiger partial charge in [-0.3, -0.25) is 4.79 Å². The zero-order valence-corrected chi connectivity index (χ0v) is 14.9. The predicted molar refractivity (Wildman–Crippen MR) is 95.0 cm³/mol. The Kier molecular flexibility index (Phi) is 6.29. The maximum atomic E-state index is 12.4. The van der Waals surface area contributed by atoms with Gasteiger partial charge in [-0.2, -0.15) is 0 Å². The summed E-state index contributed by atoms with van der Waals surface area (Å²) < 4.78 is 16.2. The second-order valence-corrected chi connectivity index (χ2v) is 6.83. The van der Waals surface area contributed by atoms with Gasteiger partial charge >= 0.3 is 0 Å². The molecule has 0 spiro atoms. The number of hydrogen-bond acceptors (Lipinski definition) is 5. The molecule has 0 saturated carbocycles. The molecule has 1 aromatic carbocycles. The van der Waals surface area contributed by atoms with Crippen LogP contribution in [0.4, 0.5) is 0 Å². The van der Waals surface area contributed by atoms with Crippen LogP contribution >= 0.6 is 0 Å². The molecule has 6 nitrogen and oxygen atoms in total. The number of carbonyl (C=O) groups excluding carboxylic acids is 1. The van der Waals surface area contributed by atoms with Crippen LogP contribution in [0.3, 0.4) is 0 Å². The van der Waals surface area contributed by atoms with Crippen LogP contribution in [-0.2, 0) is 19.7 Å². The van der Waals surface area contributed by atoms with Gasteiger partial charge in [0.2, 0.25) is 5.91 Å². The molecule has 2 N–H and O–H groups in total. The third kappa shape index (κ3) is 4.71. The van der Waals surface area contributed by atoms with Gasteiger partial charge in [-0.05, 0) is 30.5 Å². The molecule has 2 aliphatic rings. The zero-order chi connectivity index (χ0) is 17.5. The van der Waals surface area contributed by atoms with Crippen LogP contribution in [0.1, 0.15) is 24.8 Å². The summed E-state index contributed by atoms with van der Waals surface area (Å²) in [5.41, 5.74) is 1.16. The van der Waals surface area contributed by atoms with Gasteiger partial charge in [-0.1, -0.05) is 12.1 Å². The Labute approximate surface area is 149 Å². The first-order valence-electron chi connectivity index (χ1n) is 9.02. The van der Waals surface area contributed by atoms with Crippen LogP contribution in [0.25, 0.3) is 0 Å². The highest BCUT2D eigenvalue weighted by Gasteiger charge is 2.35. The number of rotatable bonds is 6. The van der Waals surface area contributed by atoms with E-state index in [1.165, 1.54) is 5.56 Å². The van der Waals surface area contributed by atoms with Crippen molar-refractivity contribution in [1.29, 1.82) is 0 Å². The van der Waals surface area contributed by atoms with E-state index < -0.39 is 0 Å². The zero-order valence-electron chi connectivity index (χ0n) is 14.9. The van der Waals surface area contributed by atoms with Crippen molar-refractivity contribution in [3.63, 3.8) is 0 Å². The van der Waals surface area contributed by atoms with Crippen LogP contribution in [-0.4, -0.2) is 58.6 Å². The SMILES string of the molecule is COc1ccc(C2(CNC(=O)CC3COCCN3)CCOCC2)cc1. The van der Waals surface area contributed by atoms with Gasteiger partial charge in [0.25, 0.3) is 0 Å². The van der Waals surface area contributed by atoms with Gasteiger partial charge < -0.3 is 24.8 Å². The maximum Gasteiger partial charge on any atom is 0.221 e. The molecular formula is C19H28N2O4. The fourth-order valence-corrected chi connectivity index (χ4v) is 3.59. The Morgan fingerprint density at radius 2 is 2.00 bits per heavy atom. The van der Waals surface area contributed by atoms with Gasteiger partial charge in [0.05, 0.1) is 20.3 Å². The minimum absolute atomic E-state index is 0.0716. The Hall–Kier alpha value is -1.63. The van der Waals surface area contributed by atoms with Gasteiger partial charge in [0.15, 0.2) is 0 Å². The van der Waals surface area contributed by atoms with Crippen molar-refractivity contribution in [3.05, 3.63) is 29.8 Å². The van der Waals surface area contributed by atoms with Crippen LogP contribution < -0.4 is 15.4 Å². The quantitative estimate of drug-likeness (QED) is 0.810. The van der Waals surface area contributed by atoms with E-state index >= 15 is 0 Å². The molecule has 1 atom stereocenters. The molecule has 2 saturated heterocycles. The summed E-state index contributed by atoms with van der Waals surface area (Å²) in [5.74, 6) is 0.917. The Morgan fingerprint density at radius 1 is 1.24 bits per heavy atom. The second-order valence-electron chi connectivity index (χ2n) is 6.83. The van der Waals surface area contributed by atoms with Crippen molar-refractivity contribution in [2.45, 2.75) is 30.7 Å². The molecule has 0 bridgehead atoms. The molecule has 0 aliphatic carbocycles. The number of methoxy groups -OCH3 is 1. The minimum Gasteiger partial charge on any atom is -0.497 e. The number of benzene rings is 1. The normalized spacial score (nSPS) is 23.0. The van der Waals surface area contributed by atoms with Crippen molar-refractivity contribution in [1.82, 2.24) is 10.6 Å². The molecule has 1 aromatic rings. The largest absolute Gasteiger partial charge is 0.497 e. The number of nitrogens with one attached hydrogen (secondary N) is 2. The van der Waals surface area contributed by atoms with Gasteiger partial charge in [-0.25, -0.2) is 0 Å². The van der Waals surface area contributed by atoms with E-state index in [9.17, 15) is 4.79 Å². The predicted octanol–water partition coefficient (Wildman–Crippen LogP) is 1.24. The van der Waals surface area contributed by atoms with Crippen LogP contribution in [0.5, 0.6) is 5.75 Å². The van der Waals surface area contributed by atoms with Crippen molar-refractivity contribution in [2.75, 3.05) is 46.6 Å². The molecule has 2 fully saturated rings. The lowest BCUT2D eigenvalue weighted by Gasteiger charge is -2.38. The summed E-state index contributed by atoms with van der Waals surface area (Å²) in [6.07, 6.45) is 2.27. The van der Waals surface area contributed by atoms with E-state index in [2.05, 4.69) is 22.8 Å². The molecule has 1 unspecified atom stereocenters. The topological polar surface area (TPSA) is 68.8 Å². The van der Waals surface area contributed by atoms with E-state index in [-0.39, 0.29) is 17.4 Å². The Bertz CT molecular complexity index is 549. The monoisotopic (exact) mass is 348 g/mol. The van der Waals surface area contributed by atoms with Gasteiger partial charge in [-0.15, -0.1) is 0 Å². The summed E-state index contributed by atoms with van der Waals surface area (Å²) in [7, 11) is 1.67. The van der Waals surface area contributed by atoms with Crippen molar-refractivity contribution < 1.29 is 19.0 Å². The molecule has 3 rings (SSSR count). The molecule has 6 heteroatoms. The number of morpholine rings is 1. The summed E-state index contributed by atoms with van der Waals surface area (Å²) in [6, 6.07) is 8.29. The maximum absolute atomic E-state index is 12.4. The fourth-order valence-electron chi connectivity index (χ4n) is 3.59. The van der Waals surface area contributed by atoms with Crippen molar-refractivity contribution >= 4 is 5.91 Å². The molecule has 1 amide bonds. The third-order valence-corrected chi connectivity index (χ3v) is 5.21. The van der Waals surface area contributed by atoms with E-state index in [1.54, 1.807) is 7.11 Å². The third-order valence-electron chi connectivity index (χ3n) is 5.21. The van der Waals surface area contributed by atoms with Crippen molar-refractivity contribution in [3.8, 4) is 5.75 Å². The smallest absolute Gasteiger partial charge is 0.221 e. The average molecular weight is 348 g/mol.